The van der Waals surface area contributed by atoms with E-state index in [1.807, 2.05) is 4.90 Å². The van der Waals surface area contributed by atoms with Crippen LogP contribution in [0.3, 0.4) is 0 Å². The van der Waals surface area contributed by atoms with Crippen molar-refractivity contribution in [3.8, 4) is 11.5 Å². The van der Waals surface area contributed by atoms with E-state index in [4.69, 9.17) is 16.3 Å². The second-order valence-corrected chi connectivity index (χ2v) is 9.43. The molecule has 3 heterocycles. The molecule has 0 spiro atoms. The van der Waals surface area contributed by atoms with Crippen molar-refractivity contribution in [1.29, 1.82) is 0 Å². The minimum absolute atomic E-state index is 0.0314. The summed E-state index contributed by atoms with van der Waals surface area (Å²) in [5.74, 6) is -0.392. The van der Waals surface area contributed by atoms with E-state index in [1.54, 1.807) is 46.1 Å². The van der Waals surface area contributed by atoms with E-state index >= 15 is 0 Å². The Hall–Kier alpha value is -3.01. The molecule has 3 aromatic rings. The fourth-order valence-electron chi connectivity index (χ4n) is 4.18. The number of piperazine rings is 1. The second kappa shape index (κ2) is 9.69. The molecule has 2 aliphatic rings. The lowest BCUT2D eigenvalue weighted by Gasteiger charge is -2.48. The molecular weight excluding hydrogens is 479 g/mol. The first-order valence-electron chi connectivity index (χ1n) is 10.9. The number of carbonyl (C=O) groups is 2. The lowest BCUT2D eigenvalue weighted by molar-refractivity contribution is 0.00841. The van der Waals surface area contributed by atoms with Crippen molar-refractivity contribution in [2.75, 3.05) is 39.3 Å². The normalized spacial score (nSPS) is 16.9. The summed E-state index contributed by atoms with van der Waals surface area (Å²) < 4.78 is 20.1. The molecule has 0 radical (unpaired) electrons. The molecule has 1 aromatic heterocycles. The lowest BCUT2D eigenvalue weighted by Crippen LogP contribution is -2.64. The summed E-state index contributed by atoms with van der Waals surface area (Å²) in [6.07, 6.45) is 0. The third-order valence-electron chi connectivity index (χ3n) is 6.12. The zero-order valence-corrected chi connectivity index (χ0v) is 19.8. The molecule has 0 aliphatic carbocycles. The molecule has 0 bridgehead atoms. The summed E-state index contributed by atoms with van der Waals surface area (Å²) >= 11 is 7.35. The average molecular weight is 501 g/mol. The first-order valence-corrected chi connectivity index (χ1v) is 12.2. The number of hydrogen-bond acceptors (Lipinski definition) is 6. The Morgan fingerprint density at radius 1 is 1.03 bits per heavy atom. The van der Waals surface area contributed by atoms with E-state index in [9.17, 15) is 14.0 Å². The molecule has 176 valence electrons. The Morgan fingerprint density at radius 3 is 2.50 bits per heavy atom. The highest BCUT2D eigenvalue weighted by Gasteiger charge is 2.37. The van der Waals surface area contributed by atoms with Crippen LogP contribution in [0.5, 0.6) is 11.5 Å². The van der Waals surface area contributed by atoms with Crippen LogP contribution < -0.4 is 4.74 Å². The zero-order chi connectivity index (χ0) is 23.7. The number of aromatic nitrogens is 1. The second-order valence-electron chi connectivity index (χ2n) is 8.27. The van der Waals surface area contributed by atoms with E-state index in [1.165, 1.54) is 23.5 Å². The number of nitrogens with zero attached hydrogens (tertiary/aromatic N) is 4. The van der Waals surface area contributed by atoms with Crippen molar-refractivity contribution >= 4 is 34.8 Å². The Morgan fingerprint density at radius 2 is 1.82 bits per heavy atom. The van der Waals surface area contributed by atoms with E-state index in [0.29, 0.717) is 42.6 Å². The van der Waals surface area contributed by atoms with E-state index < -0.39 is 5.82 Å². The molecule has 2 saturated heterocycles. The van der Waals surface area contributed by atoms with Gasteiger partial charge in [0.05, 0.1) is 5.51 Å². The third kappa shape index (κ3) is 4.77. The number of carbonyl (C=O) groups excluding carboxylic acids is 2. The van der Waals surface area contributed by atoms with Gasteiger partial charge in [-0.2, -0.15) is 0 Å². The summed E-state index contributed by atoms with van der Waals surface area (Å²) in [6, 6.07) is 11.2. The first kappa shape index (κ1) is 22.8. The van der Waals surface area contributed by atoms with Crippen LogP contribution in [0.1, 0.15) is 20.8 Å². The van der Waals surface area contributed by atoms with Crippen LogP contribution >= 0.6 is 22.9 Å². The predicted octanol–water partition coefficient (Wildman–Crippen LogP) is 4.01. The number of likely N-dealkylation sites (tertiary alicyclic amines) is 1. The van der Waals surface area contributed by atoms with Crippen molar-refractivity contribution in [3.63, 3.8) is 0 Å². The van der Waals surface area contributed by atoms with Crippen LogP contribution in [-0.2, 0) is 0 Å². The molecule has 2 amide bonds. The molecule has 2 aliphatic heterocycles. The van der Waals surface area contributed by atoms with Crippen LogP contribution in [0, 0.1) is 5.82 Å². The topological polar surface area (TPSA) is 66.0 Å². The molecular formula is C24H22ClFN4O3S. The van der Waals surface area contributed by atoms with Gasteiger partial charge >= 0.3 is 0 Å². The first-order chi connectivity index (χ1) is 16.5. The number of hydrogen-bond donors (Lipinski definition) is 0. The largest absolute Gasteiger partial charge is 0.454 e. The maximum absolute atomic E-state index is 14.6. The average Bonchev–Trinajstić information content (AvgIpc) is 3.34. The van der Waals surface area contributed by atoms with Gasteiger partial charge in [0.1, 0.15) is 11.4 Å². The van der Waals surface area contributed by atoms with Gasteiger partial charge in [-0.1, -0.05) is 17.7 Å². The molecule has 5 rings (SSSR count). The van der Waals surface area contributed by atoms with Crippen molar-refractivity contribution < 1.29 is 18.7 Å². The lowest BCUT2D eigenvalue weighted by atomic mass is 10.0. The van der Waals surface area contributed by atoms with Gasteiger partial charge in [0.15, 0.2) is 11.6 Å². The molecule has 0 N–H and O–H groups in total. The van der Waals surface area contributed by atoms with Crippen LogP contribution in [0.2, 0.25) is 5.02 Å². The predicted molar refractivity (Wildman–Crippen MR) is 127 cm³/mol. The fourth-order valence-corrected chi connectivity index (χ4v) is 4.89. The number of amides is 2. The van der Waals surface area contributed by atoms with Crippen LogP contribution in [0.15, 0.2) is 53.4 Å². The number of ether oxygens (including phenoxy) is 1. The van der Waals surface area contributed by atoms with Crippen molar-refractivity contribution in [2.24, 2.45) is 0 Å². The smallest absolute Gasteiger partial charge is 0.273 e. The summed E-state index contributed by atoms with van der Waals surface area (Å²) in [4.78, 5) is 35.2. The Kier molecular flexibility index (Phi) is 6.49. The van der Waals surface area contributed by atoms with Gasteiger partial charge in [-0.25, -0.2) is 9.37 Å². The molecule has 0 atom stereocenters. The molecule has 10 heteroatoms. The van der Waals surface area contributed by atoms with Crippen molar-refractivity contribution in [1.82, 2.24) is 19.7 Å². The molecule has 2 aromatic carbocycles. The van der Waals surface area contributed by atoms with Crippen molar-refractivity contribution in [2.45, 2.75) is 6.04 Å². The number of halogens is 2. The van der Waals surface area contributed by atoms with Gasteiger partial charge in [0.25, 0.3) is 11.8 Å². The Bertz CT molecular complexity index is 1190. The molecule has 7 nitrogen and oxygen atoms in total. The summed E-state index contributed by atoms with van der Waals surface area (Å²) in [5.41, 5.74) is 2.44. The summed E-state index contributed by atoms with van der Waals surface area (Å²) in [6.45, 7) is 3.96. The number of benzene rings is 2. The minimum atomic E-state index is -0.608. The Balaban J connectivity index is 1.13. The summed E-state index contributed by atoms with van der Waals surface area (Å²) in [7, 11) is 0. The van der Waals surface area contributed by atoms with E-state index in [-0.39, 0.29) is 29.2 Å². The molecule has 2 fully saturated rings. The van der Waals surface area contributed by atoms with Gasteiger partial charge in [-0.05, 0) is 36.4 Å². The standard InChI is InChI=1S/C24H22ClFN4O3S/c25-17-2-1-3-19(11-17)33-22-5-4-16(10-20(22)26)23(31)30-12-18(13-30)28-6-8-29(9-7-28)24(32)21-14-34-15-27-21/h1-5,10-11,14-15,18H,6-9,12-13H2. The van der Waals surface area contributed by atoms with Crippen molar-refractivity contribution in [3.05, 3.63) is 75.5 Å². The highest BCUT2D eigenvalue weighted by atomic mass is 35.5. The number of thiazole rings is 1. The minimum Gasteiger partial charge on any atom is -0.454 e. The maximum atomic E-state index is 14.6. The third-order valence-corrected chi connectivity index (χ3v) is 6.94. The summed E-state index contributed by atoms with van der Waals surface area (Å²) in [5, 5.41) is 2.26. The maximum Gasteiger partial charge on any atom is 0.273 e. The SMILES string of the molecule is O=C(c1ccc(Oc2cccc(Cl)c2)c(F)c1)N1CC(N2CCN(C(=O)c3cscn3)CC2)C1. The van der Waals surface area contributed by atoms with E-state index in [0.717, 1.165) is 13.1 Å². The van der Waals surface area contributed by atoms with Gasteiger partial charge in [-0.15, -0.1) is 11.3 Å². The molecule has 0 unspecified atom stereocenters. The van der Waals surface area contributed by atoms with Gasteiger partial charge in [0.2, 0.25) is 0 Å². The van der Waals surface area contributed by atoms with Crippen LogP contribution in [0.4, 0.5) is 4.39 Å². The zero-order valence-electron chi connectivity index (χ0n) is 18.2. The monoisotopic (exact) mass is 500 g/mol. The highest BCUT2D eigenvalue weighted by Crippen LogP contribution is 2.28. The number of rotatable bonds is 5. The van der Waals surface area contributed by atoms with E-state index in [2.05, 4.69) is 9.88 Å². The molecule has 34 heavy (non-hydrogen) atoms. The van der Waals surface area contributed by atoms with Crippen LogP contribution in [0.25, 0.3) is 0 Å². The fraction of sp³-hybridized carbons (Fsp3) is 0.292. The van der Waals surface area contributed by atoms with Gasteiger partial charge in [0, 0.05) is 61.3 Å². The molecule has 0 saturated carbocycles. The Labute approximate surface area is 205 Å². The highest BCUT2D eigenvalue weighted by molar-refractivity contribution is 7.07. The van der Waals surface area contributed by atoms with Gasteiger partial charge < -0.3 is 14.5 Å². The van der Waals surface area contributed by atoms with Gasteiger partial charge in [-0.3, -0.25) is 14.5 Å². The quantitative estimate of drug-likeness (QED) is 0.529. The van der Waals surface area contributed by atoms with Crippen LogP contribution in [-0.4, -0.2) is 76.8 Å².